The maximum atomic E-state index is 4.24. The summed E-state index contributed by atoms with van der Waals surface area (Å²) in [5.41, 5.74) is 0. The number of hydrogen-bond donors (Lipinski definition) is 0. The van der Waals surface area contributed by atoms with E-state index >= 15 is 0 Å². The summed E-state index contributed by atoms with van der Waals surface area (Å²) < 4.78 is 0. The summed E-state index contributed by atoms with van der Waals surface area (Å²) in [6.07, 6.45) is 2.30. The van der Waals surface area contributed by atoms with Gasteiger partial charge in [0.1, 0.15) is 0 Å². The van der Waals surface area contributed by atoms with Crippen molar-refractivity contribution in [1.82, 2.24) is 0 Å². The molecule has 18 heavy (non-hydrogen) atoms. The Morgan fingerprint density at radius 2 is 1.06 bits per heavy atom. The molecule has 0 aromatic heterocycles. The van der Waals surface area contributed by atoms with Crippen molar-refractivity contribution in [2.24, 2.45) is 0 Å². The van der Waals surface area contributed by atoms with Gasteiger partial charge in [0.2, 0.25) is 0 Å². The summed E-state index contributed by atoms with van der Waals surface area (Å²) in [4.78, 5) is 0. The quantitative estimate of drug-likeness (QED) is 0.725. The molecule has 2 aromatic carbocycles. The van der Waals surface area contributed by atoms with Gasteiger partial charge in [0.15, 0.2) is 0 Å². The Bertz CT molecular complexity index is 460. The van der Waals surface area contributed by atoms with Crippen molar-refractivity contribution >= 4 is 31.4 Å². The molecule has 96 valence electrons. The molecule has 0 nitrogen and oxygen atoms in total. The Morgan fingerprint density at radius 1 is 0.722 bits per heavy atom. The van der Waals surface area contributed by atoms with Crippen LogP contribution in [-0.4, -0.2) is 12.3 Å². The summed E-state index contributed by atoms with van der Waals surface area (Å²) in [6, 6.07) is 21.8. The third-order valence-corrected chi connectivity index (χ3v) is 15.1. The van der Waals surface area contributed by atoms with E-state index in [0.29, 0.717) is 0 Å². The molecule has 0 radical (unpaired) electrons. The Labute approximate surface area is 118 Å². The zero-order chi connectivity index (χ0) is 13.1. The molecular formula is C16H20BrP. The zero-order valence-electron chi connectivity index (χ0n) is 11.0. The van der Waals surface area contributed by atoms with Gasteiger partial charge in [-0.1, -0.05) is 0 Å². The molecule has 0 unspecified atom stereocenters. The summed E-state index contributed by atoms with van der Waals surface area (Å²) in [6.45, 7) is 4.60. The van der Waals surface area contributed by atoms with Crippen molar-refractivity contribution in [1.29, 1.82) is 0 Å². The molecule has 0 heterocycles. The minimum absolute atomic E-state index is 1.15. The van der Waals surface area contributed by atoms with Crippen LogP contribution in [0.15, 0.2) is 60.7 Å². The first kappa shape index (κ1) is 13.8. The van der Waals surface area contributed by atoms with Gasteiger partial charge in [-0.05, 0) is 0 Å². The predicted molar refractivity (Wildman–Crippen MR) is 89.1 cm³/mol. The fraction of sp³-hybridized carbons (Fsp3) is 0.250. The molecule has 0 aliphatic rings. The average Bonchev–Trinajstić information content (AvgIpc) is 2.48. The Kier molecular flexibility index (Phi) is 3.94. The van der Waals surface area contributed by atoms with Crippen LogP contribution in [-0.2, 0) is 0 Å². The van der Waals surface area contributed by atoms with Crippen LogP contribution in [0.1, 0.15) is 13.8 Å². The van der Waals surface area contributed by atoms with Crippen LogP contribution >= 0.6 is 20.8 Å². The van der Waals surface area contributed by atoms with E-state index < -0.39 is 5.31 Å². The van der Waals surface area contributed by atoms with Crippen LogP contribution in [0.25, 0.3) is 0 Å². The van der Waals surface area contributed by atoms with E-state index in [4.69, 9.17) is 0 Å². The van der Waals surface area contributed by atoms with Crippen molar-refractivity contribution in [2.75, 3.05) is 12.3 Å². The van der Waals surface area contributed by atoms with Gasteiger partial charge in [0.05, 0.1) is 0 Å². The normalized spacial score (nSPS) is 13.8. The number of rotatable bonds is 4. The number of hydrogen-bond acceptors (Lipinski definition) is 0. The van der Waals surface area contributed by atoms with Crippen LogP contribution in [0.5, 0.6) is 0 Å². The number of benzene rings is 2. The van der Waals surface area contributed by atoms with Gasteiger partial charge in [0.25, 0.3) is 0 Å². The standard InChI is InChI=1S/C16H20BrP/c1-3-18(17,4-2,15-11-7-5-8-12-15)16-13-9-6-10-14-16/h5-14H,3-4H2,1-2H3. The van der Waals surface area contributed by atoms with Crippen molar-refractivity contribution in [3.8, 4) is 0 Å². The van der Waals surface area contributed by atoms with Gasteiger partial charge < -0.3 is 0 Å². The van der Waals surface area contributed by atoms with E-state index in [9.17, 15) is 0 Å². The molecule has 0 N–H and O–H groups in total. The van der Waals surface area contributed by atoms with Gasteiger partial charge in [0, 0.05) is 0 Å². The number of halogens is 1. The molecule has 0 aliphatic carbocycles. The fourth-order valence-corrected chi connectivity index (χ4v) is 7.98. The summed E-state index contributed by atoms with van der Waals surface area (Å²) >= 11 is 4.24. The first-order chi connectivity index (χ1) is 8.64. The first-order valence-corrected chi connectivity index (χ1v) is 11.1. The van der Waals surface area contributed by atoms with Gasteiger partial charge in [-0.15, -0.1) is 0 Å². The third kappa shape index (κ3) is 2.04. The molecule has 0 spiro atoms. The van der Waals surface area contributed by atoms with Crippen LogP contribution in [0.2, 0.25) is 0 Å². The van der Waals surface area contributed by atoms with Gasteiger partial charge in [-0.3, -0.25) is 0 Å². The van der Waals surface area contributed by atoms with E-state index in [2.05, 4.69) is 90.0 Å². The molecule has 0 atom stereocenters. The van der Waals surface area contributed by atoms with Crippen LogP contribution < -0.4 is 10.6 Å². The molecule has 0 fully saturated rings. The molecule has 0 saturated heterocycles. The predicted octanol–water partition coefficient (Wildman–Crippen LogP) is 4.54. The van der Waals surface area contributed by atoms with Crippen molar-refractivity contribution in [3.05, 3.63) is 60.7 Å². The molecule has 0 aliphatic heterocycles. The second-order valence-electron chi connectivity index (χ2n) is 4.68. The topological polar surface area (TPSA) is 0 Å². The van der Waals surface area contributed by atoms with E-state index in [0.717, 1.165) is 12.3 Å². The summed E-state index contributed by atoms with van der Waals surface area (Å²) in [5, 5.41) is 0.744. The average molecular weight is 323 g/mol. The SMILES string of the molecule is CCP(Br)(CC)(c1ccccc1)c1ccccc1. The van der Waals surface area contributed by atoms with Crippen LogP contribution in [0.3, 0.4) is 0 Å². The molecule has 0 amide bonds. The minimum atomic E-state index is -2.17. The zero-order valence-corrected chi connectivity index (χ0v) is 13.5. The molecule has 2 rings (SSSR count). The summed E-state index contributed by atoms with van der Waals surface area (Å²) in [7, 11) is 0. The van der Waals surface area contributed by atoms with Crippen molar-refractivity contribution in [3.63, 3.8) is 0 Å². The van der Waals surface area contributed by atoms with Crippen molar-refractivity contribution < 1.29 is 0 Å². The monoisotopic (exact) mass is 322 g/mol. The molecule has 0 saturated carbocycles. The molecule has 0 bridgehead atoms. The summed E-state index contributed by atoms with van der Waals surface area (Å²) in [5.74, 6) is 0. The third-order valence-electron chi connectivity index (χ3n) is 4.01. The maximum absolute atomic E-state index is 4.24. The Hall–Kier alpha value is -0.650. The van der Waals surface area contributed by atoms with E-state index in [1.807, 2.05) is 0 Å². The van der Waals surface area contributed by atoms with E-state index in [-0.39, 0.29) is 0 Å². The van der Waals surface area contributed by atoms with Crippen LogP contribution in [0, 0.1) is 0 Å². The fourth-order valence-electron chi connectivity index (χ4n) is 2.64. The second-order valence-corrected chi connectivity index (χ2v) is 14.9. The Balaban J connectivity index is 2.71. The van der Waals surface area contributed by atoms with Gasteiger partial charge >= 0.3 is 118 Å². The van der Waals surface area contributed by atoms with E-state index in [1.54, 1.807) is 0 Å². The van der Waals surface area contributed by atoms with E-state index in [1.165, 1.54) is 10.6 Å². The molecule has 2 aromatic rings. The van der Waals surface area contributed by atoms with Crippen LogP contribution in [0.4, 0.5) is 0 Å². The van der Waals surface area contributed by atoms with Gasteiger partial charge in [-0.2, -0.15) is 0 Å². The first-order valence-electron chi connectivity index (χ1n) is 6.48. The second kappa shape index (κ2) is 5.15. The van der Waals surface area contributed by atoms with Crippen molar-refractivity contribution in [2.45, 2.75) is 13.8 Å². The Morgan fingerprint density at radius 3 is 1.33 bits per heavy atom. The van der Waals surface area contributed by atoms with Gasteiger partial charge in [-0.25, -0.2) is 0 Å². The molecular weight excluding hydrogens is 303 g/mol. The molecule has 2 heteroatoms.